The number of nitriles is 1. The van der Waals surface area contributed by atoms with Crippen molar-refractivity contribution >= 4 is 17.0 Å². The van der Waals surface area contributed by atoms with Crippen molar-refractivity contribution in [3.05, 3.63) is 28.8 Å². The molecule has 0 heterocycles. The lowest BCUT2D eigenvalue weighted by molar-refractivity contribution is 0.241. The minimum Gasteiger partial charge on any atom is -0.339 e. The predicted octanol–water partition coefficient (Wildman–Crippen LogP) is 2.95. The van der Waals surface area contributed by atoms with Crippen LogP contribution in [0.2, 0.25) is 0 Å². The quantitative estimate of drug-likeness (QED) is 0.702. The summed E-state index contributed by atoms with van der Waals surface area (Å²) < 4.78 is 0. The Hall–Kier alpha value is -1.47. The largest absolute Gasteiger partial charge is 0.339 e. The Morgan fingerprint density at radius 3 is 2.19 bits per heavy atom. The maximum Gasteiger partial charge on any atom is 0.285 e. The molecule has 4 heteroatoms. The van der Waals surface area contributed by atoms with Gasteiger partial charge in [0.15, 0.2) is 0 Å². The summed E-state index contributed by atoms with van der Waals surface area (Å²) in [4.78, 5) is 14.1. The first-order valence-electron chi connectivity index (χ1n) is 4.86. The Morgan fingerprint density at radius 2 is 1.81 bits per heavy atom. The molecule has 84 valence electrons. The second-order valence-corrected chi connectivity index (χ2v) is 4.77. The van der Waals surface area contributed by atoms with Crippen LogP contribution in [0.3, 0.4) is 0 Å². The van der Waals surface area contributed by atoms with Gasteiger partial charge in [0, 0.05) is 19.0 Å². The Kier molecular flexibility index (Phi) is 3.97. The van der Waals surface area contributed by atoms with E-state index in [2.05, 4.69) is 6.07 Å². The van der Waals surface area contributed by atoms with Gasteiger partial charge in [-0.05, 0) is 48.9 Å². The van der Waals surface area contributed by atoms with Gasteiger partial charge in [-0.15, -0.1) is 0 Å². The second kappa shape index (κ2) is 5.04. The van der Waals surface area contributed by atoms with Gasteiger partial charge in [0.25, 0.3) is 5.24 Å². The van der Waals surface area contributed by atoms with Crippen molar-refractivity contribution < 1.29 is 4.79 Å². The number of hydrogen-bond acceptors (Lipinski definition) is 3. The monoisotopic (exact) mass is 234 g/mol. The molecule has 0 bridgehead atoms. The Labute approximate surface area is 100 Å². The zero-order valence-corrected chi connectivity index (χ0v) is 10.7. The highest BCUT2D eigenvalue weighted by molar-refractivity contribution is 8.13. The third-order valence-corrected chi connectivity index (χ3v) is 3.53. The van der Waals surface area contributed by atoms with Crippen LogP contribution in [0.1, 0.15) is 16.7 Å². The summed E-state index contributed by atoms with van der Waals surface area (Å²) in [6.45, 7) is 3.83. The molecule has 0 aliphatic rings. The number of rotatable bonds is 1. The van der Waals surface area contributed by atoms with Crippen molar-refractivity contribution in [2.45, 2.75) is 18.7 Å². The molecule has 0 spiro atoms. The summed E-state index contributed by atoms with van der Waals surface area (Å²) in [5, 5.41) is 8.81. The summed E-state index contributed by atoms with van der Waals surface area (Å²) in [7, 11) is 3.45. The van der Waals surface area contributed by atoms with Gasteiger partial charge >= 0.3 is 0 Å². The highest BCUT2D eigenvalue weighted by Crippen LogP contribution is 2.28. The fourth-order valence-electron chi connectivity index (χ4n) is 1.35. The van der Waals surface area contributed by atoms with E-state index < -0.39 is 0 Å². The Balaban J connectivity index is 3.07. The van der Waals surface area contributed by atoms with Crippen LogP contribution in [-0.2, 0) is 0 Å². The van der Waals surface area contributed by atoms with Gasteiger partial charge in [-0.2, -0.15) is 5.26 Å². The first-order valence-corrected chi connectivity index (χ1v) is 5.68. The van der Waals surface area contributed by atoms with Crippen molar-refractivity contribution in [3.63, 3.8) is 0 Å². The first kappa shape index (κ1) is 12.6. The average Bonchev–Trinajstić information content (AvgIpc) is 2.22. The lowest BCUT2D eigenvalue weighted by atomic mass is 10.1. The molecule has 0 unspecified atom stereocenters. The molecule has 1 aromatic rings. The molecular weight excluding hydrogens is 220 g/mol. The van der Waals surface area contributed by atoms with E-state index in [1.54, 1.807) is 31.1 Å². The van der Waals surface area contributed by atoms with Gasteiger partial charge in [0.05, 0.1) is 11.6 Å². The van der Waals surface area contributed by atoms with Crippen LogP contribution in [0.5, 0.6) is 0 Å². The van der Waals surface area contributed by atoms with Crippen molar-refractivity contribution in [3.8, 4) is 6.07 Å². The molecule has 1 aromatic carbocycles. The summed E-state index contributed by atoms with van der Waals surface area (Å²) in [6, 6.07) is 5.72. The Morgan fingerprint density at radius 1 is 1.31 bits per heavy atom. The van der Waals surface area contributed by atoms with E-state index >= 15 is 0 Å². The highest BCUT2D eigenvalue weighted by atomic mass is 32.2. The number of benzene rings is 1. The molecule has 1 rings (SSSR count). The molecule has 3 nitrogen and oxygen atoms in total. The predicted molar refractivity (Wildman–Crippen MR) is 65.6 cm³/mol. The third-order valence-electron chi connectivity index (χ3n) is 2.14. The average molecular weight is 234 g/mol. The maximum absolute atomic E-state index is 11.6. The van der Waals surface area contributed by atoms with E-state index in [1.807, 2.05) is 13.8 Å². The van der Waals surface area contributed by atoms with Crippen LogP contribution in [0.4, 0.5) is 4.79 Å². The highest BCUT2D eigenvalue weighted by Gasteiger charge is 2.12. The van der Waals surface area contributed by atoms with Crippen molar-refractivity contribution in [2.75, 3.05) is 14.1 Å². The van der Waals surface area contributed by atoms with Crippen molar-refractivity contribution in [1.82, 2.24) is 4.90 Å². The zero-order valence-electron chi connectivity index (χ0n) is 9.87. The molecule has 0 aliphatic heterocycles. The standard InChI is InChI=1S/C12H14N2OS/c1-8-5-10(7-13)6-9(2)11(8)16-12(15)14(3)4/h5-6H,1-4H3. The third kappa shape index (κ3) is 2.77. The van der Waals surface area contributed by atoms with E-state index in [9.17, 15) is 4.79 Å². The van der Waals surface area contributed by atoms with Crippen LogP contribution >= 0.6 is 11.8 Å². The molecule has 0 saturated heterocycles. The number of aryl methyl sites for hydroxylation is 2. The first-order chi connectivity index (χ1) is 7.45. The van der Waals surface area contributed by atoms with E-state index in [-0.39, 0.29) is 5.24 Å². The van der Waals surface area contributed by atoms with Gasteiger partial charge < -0.3 is 4.90 Å². The van der Waals surface area contributed by atoms with Crippen LogP contribution in [0.15, 0.2) is 17.0 Å². The maximum atomic E-state index is 11.6. The molecular formula is C12H14N2OS. The van der Waals surface area contributed by atoms with Gasteiger partial charge in [0.2, 0.25) is 0 Å². The summed E-state index contributed by atoms with van der Waals surface area (Å²) in [5.74, 6) is 0. The van der Waals surface area contributed by atoms with Crippen LogP contribution in [0.25, 0.3) is 0 Å². The van der Waals surface area contributed by atoms with E-state index in [1.165, 1.54) is 11.8 Å². The summed E-state index contributed by atoms with van der Waals surface area (Å²) >= 11 is 1.20. The molecule has 0 fully saturated rings. The van der Waals surface area contributed by atoms with Crippen LogP contribution < -0.4 is 0 Å². The molecule has 0 saturated carbocycles. The molecule has 0 aliphatic carbocycles. The molecule has 0 atom stereocenters. The number of amides is 1. The second-order valence-electron chi connectivity index (χ2n) is 3.81. The van der Waals surface area contributed by atoms with Gasteiger partial charge in [-0.3, -0.25) is 4.79 Å². The van der Waals surface area contributed by atoms with E-state index in [0.29, 0.717) is 5.56 Å². The molecule has 0 aromatic heterocycles. The van der Waals surface area contributed by atoms with Gasteiger partial charge in [-0.25, -0.2) is 0 Å². The number of hydrogen-bond donors (Lipinski definition) is 0. The molecule has 16 heavy (non-hydrogen) atoms. The number of nitrogens with zero attached hydrogens (tertiary/aromatic N) is 2. The number of carbonyl (C=O) groups excluding carboxylic acids is 1. The smallest absolute Gasteiger partial charge is 0.285 e. The Bertz CT molecular complexity index is 438. The van der Waals surface area contributed by atoms with Gasteiger partial charge in [0.1, 0.15) is 0 Å². The van der Waals surface area contributed by atoms with Crippen LogP contribution in [-0.4, -0.2) is 24.2 Å². The van der Waals surface area contributed by atoms with E-state index in [4.69, 9.17) is 5.26 Å². The number of carbonyl (C=O) groups is 1. The zero-order chi connectivity index (χ0) is 12.3. The lowest BCUT2D eigenvalue weighted by Gasteiger charge is -2.13. The molecule has 0 radical (unpaired) electrons. The fourth-order valence-corrected chi connectivity index (χ4v) is 2.15. The van der Waals surface area contributed by atoms with E-state index in [0.717, 1.165) is 16.0 Å². The minimum absolute atomic E-state index is 0.00379. The fraction of sp³-hybridized carbons (Fsp3) is 0.333. The molecule has 0 N–H and O–H groups in total. The summed E-state index contributed by atoms with van der Waals surface area (Å²) in [5.41, 5.74) is 2.57. The topological polar surface area (TPSA) is 44.1 Å². The van der Waals surface area contributed by atoms with Crippen LogP contribution in [0, 0.1) is 25.2 Å². The normalized spacial score (nSPS) is 9.69. The van der Waals surface area contributed by atoms with Gasteiger partial charge in [-0.1, -0.05) is 0 Å². The number of thioether (sulfide) groups is 1. The summed E-state index contributed by atoms with van der Waals surface area (Å²) in [6.07, 6.45) is 0. The van der Waals surface area contributed by atoms with Crippen molar-refractivity contribution in [1.29, 1.82) is 5.26 Å². The lowest BCUT2D eigenvalue weighted by Crippen LogP contribution is -2.16. The molecule has 1 amide bonds. The minimum atomic E-state index is -0.00379. The SMILES string of the molecule is Cc1cc(C#N)cc(C)c1SC(=O)N(C)C. The van der Waals surface area contributed by atoms with Crippen molar-refractivity contribution in [2.24, 2.45) is 0 Å².